The van der Waals surface area contributed by atoms with Gasteiger partial charge in [0.15, 0.2) is 0 Å². The zero-order chi connectivity index (χ0) is 14.0. The van der Waals surface area contributed by atoms with E-state index in [1.54, 1.807) is 23.1 Å². The molecule has 1 atom stereocenters. The highest BCUT2D eigenvalue weighted by atomic mass is 79.9. The molecular formula is C13H14BrCl2NO3. The van der Waals surface area contributed by atoms with Gasteiger partial charge in [-0.15, -0.1) is 12.4 Å². The van der Waals surface area contributed by atoms with Gasteiger partial charge >= 0.3 is 5.97 Å². The van der Waals surface area contributed by atoms with E-state index in [4.69, 9.17) is 16.7 Å². The van der Waals surface area contributed by atoms with E-state index in [-0.39, 0.29) is 24.7 Å². The molecule has 20 heavy (non-hydrogen) atoms. The first kappa shape index (κ1) is 17.3. The molecule has 0 spiro atoms. The van der Waals surface area contributed by atoms with Crippen molar-refractivity contribution in [2.75, 3.05) is 13.1 Å². The van der Waals surface area contributed by atoms with Crippen LogP contribution in [0.3, 0.4) is 0 Å². The third kappa shape index (κ3) is 4.11. The van der Waals surface area contributed by atoms with Gasteiger partial charge in [-0.1, -0.05) is 33.6 Å². The molecule has 0 aromatic heterocycles. The van der Waals surface area contributed by atoms with Crippen LogP contribution in [-0.4, -0.2) is 35.0 Å². The van der Waals surface area contributed by atoms with Gasteiger partial charge in [-0.3, -0.25) is 9.59 Å². The number of hydrogen-bond donors (Lipinski definition) is 1. The molecule has 1 aliphatic heterocycles. The first-order valence-corrected chi connectivity index (χ1v) is 7.09. The number of benzene rings is 1. The van der Waals surface area contributed by atoms with Crippen molar-refractivity contribution in [3.8, 4) is 0 Å². The average molecular weight is 383 g/mol. The molecule has 1 unspecified atom stereocenters. The highest BCUT2D eigenvalue weighted by molar-refractivity contribution is 9.10. The molecular weight excluding hydrogens is 369 g/mol. The first-order chi connectivity index (χ1) is 8.97. The van der Waals surface area contributed by atoms with Crippen molar-refractivity contribution in [1.29, 1.82) is 0 Å². The zero-order valence-corrected chi connectivity index (χ0v) is 13.7. The quantitative estimate of drug-likeness (QED) is 0.874. The van der Waals surface area contributed by atoms with Crippen LogP contribution in [0.4, 0.5) is 0 Å². The Morgan fingerprint density at radius 3 is 2.70 bits per heavy atom. The van der Waals surface area contributed by atoms with E-state index in [0.717, 1.165) is 10.0 Å². The molecule has 1 heterocycles. The van der Waals surface area contributed by atoms with Crippen LogP contribution in [0.1, 0.15) is 12.0 Å². The number of rotatable bonds is 3. The summed E-state index contributed by atoms with van der Waals surface area (Å²) in [4.78, 5) is 24.6. The van der Waals surface area contributed by atoms with Gasteiger partial charge in [0, 0.05) is 22.6 Å². The molecule has 1 aliphatic rings. The fourth-order valence-electron chi connectivity index (χ4n) is 2.13. The summed E-state index contributed by atoms with van der Waals surface area (Å²) in [6.07, 6.45) is 0.785. The predicted molar refractivity (Wildman–Crippen MR) is 82.4 cm³/mol. The summed E-state index contributed by atoms with van der Waals surface area (Å²) in [6.45, 7) is 0.820. The topological polar surface area (TPSA) is 57.6 Å². The summed E-state index contributed by atoms with van der Waals surface area (Å²) in [5.74, 6) is -1.31. The lowest BCUT2D eigenvalue weighted by Crippen LogP contribution is -2.31. The SMILES string of the molecule is Cl.O=C(O)C1CCN(C(=O)Cc2ccc(Cl)cc2Br)C1. The van der Waals surface area contributed by atoms with Crippen LogP contribution in [-0.2, 0) is 16.0 Å². The van der Waals surface area contributed by atoms with Crippen molar-refractivity contribution in [1.82, 2.24) is 4.90 Å². The zero-order valence-electron chi connectivity index (χ0n) is 10.5. The van der Waals surface area contributed by atoms with Gasteiger partial charge in [0.25, 0.3) is 0 Å². The number of carbonyl (C=O) groups excluding carboxylic acids is 1. The lowest BCUT2D eigenvalue weighted by Gasteiger charge is -2.16. The molecule has 1 saturated heterocycles. The number of carbonyl (C=O) groups is 2. The Kier molecular flexibility index (Phi) is 6.30. The summed E-state index contributed by atoms with van der Waals surface area (Å²) >= 11 is 9.21. The fraction of sp³-hybridized carbons (Fsp3) is 0.385. The Morgan fingerprint density at radius 2 is 2.15 bits per heavy atom. The molecule has 110 valence electrons. The molecule has 1 aromatic rings. The molecule has 0 saturated carbocycles. The number of likely N-dealkylation sites (tertiary alicyclic amines) is 1. The van der Waals surface area contributed by atoms with Gasteiger partial charge in [0.2, 0.25) is 5.91 Å². The summed E-state index contributed by atoms with van der Waals surface area (Å²) < 4.78 is 0.794. The average Bonchev–Trinajstić information content (AvgIpc) is 2.82. The molecule has 1 amide bonds. The summed E-state index contributed by atoms with van der Waals surface area (Å²) in [6, 6.07) is 5.28. The lowest BCUT2D eigenvalue weighted by molar-refractivity contribution is -0.141. The normalized spacial score (nSPS) is 17.7. The van der Waals surface area contributed by atoms with Crippen LogP contribution in [0.25, 0.3) is 0 Å². The minimum absolute atomic E-state index is 0. The molecule has 1 aromatic carbocycles. The number of carboxylic acids is 1. The number of aliphatic carboxylic acids is 1. The van der Waals surface area contributed by atoms with Gasteiger partial charge < -0.3 is 10.0 Å². The minimum atomic E-state index is -0.831. The monoisotopic (exact) mass is 381 g/mol. The van der Waals surface area contributed by atoms with Crippen molar-refractivity contribution in [3.63, 3.8) is 0 Å². The Balaban J connectivity index is 0.00000200. The van der Waals surface area contributed by atoms with E-state index in [1.165, 1.54) is 0 Å². The number of halogens is 3. The van der Waals surface area contributed by atoms with E-state index < -0.39 is 11.9 Å². The highest BCUT2D eigenvalue weighted by Gasteiger charge is 2.30. The Bertz CT molecular complexity index is 524. The lowest BCUT2D eigenvalue weighted by atomic mass is 10.1. The molecule has 1 fully saturated rings. The van der Waals surface area contributed by atoms with Gasteiger partial charge in [-0.25, -0.2) is 0 Å². The molecule has 0 bridgehead atoms. The maximum absolute atomic E-state index is 12.1. The number of nitrogens with zero attached hydrogens (tertiary/aromatic N) is 1. The van der Waals surface area contributed by atoms with E-state index in [2.05, 4.69) is 15.9 Å². The van der Waals surface area contributed by atoms with Gasteiger partial charge in [-0.05, 0) is 24.1 Å². The number of amides is 1. The summed E-state index contributed by atoms with van der Waals surface area (Å²) in [5.41, 5.74) is 0.855. The van der Waals surface area contributed by atoms with Crippen LogP contribution < -0.4 is 0 Å². The van der Waals surface area contributed by atoms with Crippen molar-refractivity contribution in [2.24, 2.45) is 5.92 Å². The van der Waals surface area contributed by atoms with Crippen molar-refractivity contribution < 1.29 is 14.7 Å². The highest BCUT2D eigenvalue weighted by Crippen LogP contribution is 2.23. The molecule has 0 aliphatic carbocycles. The fourth-order valence-corrected chi connectivity index (χ4v) is 2.95. The molecule has 0 radical (unpaired) electrons. The third-order valence-electron chi connectivity index (χ3n) is 3.25. The van der Waals surface area contributed by atoms with Crippen LogP contribution >= 0.6 is 39.9 Å². The maximum atomic E-state index is 12.1. The van der Waals surface area contributed by atoms with Crippen molar-refractivity contribution >= 4 is 51.8 Å². The molecule has 2 rings (SSSR count). The van der Waals surface area contributed by atoms with Crippen LogP contribution in [0.5, 0.6) is 0 Å². The Morgan fingerprint density at radius 1 is 1.45 bits per heavy atom. The predicted octanol–water partition coefficient (Wildman–Crippen LogP) is 3.00. The van der Waals surface area contributed by atoms with Crippen LogP contribution in [0.15, 0.2) is 22.7 Å². The van der Waals surface area contributed by atoms with Gasteiger partial charge in [-0.2, -0.15) is 0 Å². The third-order valence-corrected chi connectivity index (χ3v) is 4.22. The minimum Gasteiger partial charge on any atom is -0.481 e. The van der Waals surface area contributed by atoms with E-state index in [1.807, 2.05) is 0 Å². The largest absolute Gasteiger partial charge is 0.481 e. The van der Waals surface area contributed by atoms with Crippen LogP contribution in [0, 0.1) is 5.92 Å². The van der Waals surface area contributed by atoms with Crippen molar-refractivity contribution in [2.45, 2.75) is 12.8 Å². The Hall–Kier alpha value is -0.780. The second-order valence-electron chi connectivity index (χ2n) is 4.58. The maximum Gasteiger partial charge on any atom is 0.308 e. The molecule has 7 heteroatoms. The van der Waals surface area contributed by atoms with E-state index >= 15 is 0 Å². The number of hydrogen-bond acceptors (Lipinski definition) is 2. The Labute approximate surface area is 136 Å². The molecule has 1 N–H and O–H groups in total. The second kappa shape index (κ2) is 7.29. The van der Waals surface area contributed by atoms with Gasteiger partial charge in [0.1, 0.15) is 0 Å². The van der Waals surface area contributed by atoms with Crippen molar-refractivity contribution in [3.05, 3.63) is 33.3 Å². The van der Waals surface area contributed by atoms with E-state index in [0.29, 0.717) is 24.5 Å². The summed E-state index contributed by atoms with van der Waals surface area (Å²) in [7, 11) is 0. The first-order valence-electron chi connectivity index (χ1n) is 5.92. The second-order valence-corrected chi connectivity index (χ2v) is 5.87. The summed E-state index contributed by atoms with van der Waals surface area (Å²) in [5, 5.41) is 9.52. The standard InChI is InChI=1S/C13H13BrClNO3.ClH/c14-11-6-10(15)2-1-8(11)5-12(17)16-4-3-9(7-16)13(18)19;/h1-2,6,9H,3-5,7H2,(H,18,19);1H. The number of carboxylic acid groups (broad SMARTS) is 1. The van der Waals surface area contributed by atoms with E-state index in [9.17, 15) is 9.59 Å². The smallest absolute Gasteiger partial charge is 0.308 e. The van der Waals surface area contributed by atoms with Crippen LogP contribution in [0.2, 0.25) is 5.02 Å². The molecule has 4 nitrogen and oxygen atoms in total. The van der Waals surface area contributed by atoms with Gasteiger partial charge in [0.05, 0.1) is 12.3 Å².